The summed E-state index contributed by atoms with van der Waals surface area (Å²) in [5, 5.41) is 6.77. The quantitative estimate of drug-likeness (QED) is 0.655. The van der Waals surface area contributed by atoms with Gasteiger partial charge in [0.05, 0.1) is 24.6 Å². The molecule has 0 saturated carbocycles. The lowest BCUT2D eigenvalue weighted by atomic mass is 10.1. The zero-order chi connectivity index (χ0) is 21.0. The fraction of sp³-hybridized carbons (Fsp3) is 0.348. The maximum absolute atomic E-state index is 5.44. The van der Waals surface area contributed by atoms with E-state index < -0.39 is 0 Å². The third kappa shape index (κ3) is 5.24. The van der Waals surface area contributed by atoms with Crippen LogP contribution in [-0.4, -0.2) is 46.8 Å². The Hall–Kier alpha value is -3.19. The van der Waals surface area contributed by atoms with Crippen molar-refractivity contribution in [2.24, 2.45) is 0 Å². The van der Waals surface area contributed by atoms with Crippen molar-refractivity contribution in [1.82, 2.24) is 15.0 Å². The largest absolute Gasteiger partial charge is 0.378 e. The molecule has 0 aliphatic carbocycles. The lowest BCUT2D eigenvalue weighted by molar-refractivity contribution is 0.122. The smallest absolute Gasteiger partial charge is 0.225 e. The molecule has 3 heterocycles. The summed E-state index contributed by atoms with van der Waals surface area (Å²) in [6.45, 7) is 9.66. The standard InChI is InChI=1S/C23H28N6O/c1-23(2,3)28-22-26-20(19-6-4-5-11-24-19)16-21(27-22)25-17-7-9-18(10-8-17)29-12-14-30-15-13-29/h4-11,16H,12-15H2,1-3H3,(H2,25,26,27,28). The van der Waals surface area contributed by atoms with Gasteiger partial charge in [-0.05, 0) is 57.2 Å². The van der Waals surface area contributed by atoms with E-state index in [0.29, 0.717) is 5.95 Å². The number of anilines is 4. The zero-order valence-corrected chi connectivity index (χ0v) is 17.7. The molecule has 30 heavy (non-hydrogen) atoms. The van der Waals surface area contributed by atoms with E-state index in [9.17, 15) is 0 Å². The Morgan fingerprint density at radius 3 is 2.37 bits per heavy atom. The topological polar surface area (TPSA) is 75.2 Å². The van der Waals surface area contributed by atoms with Crippen molar-refractivity contribution in [3.05, 3.63) is 54.7 Å². The Bertz CT molecular complexity index is 963. The maximum atomic E-state index is 5.44. The van der Waals surface area contributed by atoms with Crippen LogP contribution in [0, 0.1) is 0 Å². The Morgan fingerprint density at radius 1 is 0.933 bits per heavy atom. The Balaban J connectivity index is 1.58. The van der Waals surface area contributed by atoms with Crippen LogP contribution in [0.4, 0.5) is 23.1 Å². The molecule has 3 aromatic rings. The molecule has 0 unspecified atom stereocenters. The minimum absolute atomic E-state index is 0.153. The lowest BCUT2D eigenvalue weighted by Crippen LogP contribution is -2.36. The molecular weight excluding hydrogens is 376 g/mol. The highest BCUT2D eigenvalue weighted by atomic mass is 16.5. The second-order valence-corrected chi connectivity index (χ2v) is 8.32. The van der Waals surface area contributed by atoms with Gasteiger partial charge in [-0.3, -0.25) is 4.98 Å². The van der Waals surface area contributed by atoms with E-state index in [0.717, 1.165) is 49.2 Å². The second kappa shape index (κ2) is 8.67. The van der Waals surface area contributed by atoms with Gasteiger partial charge in [-0.1, -0.05) is 6.07 Å². The van der Waals surface area contributed by atoms with Crippen LogP contribution in [0.3, 0.4) is 0 Å². The number of hydrogen-bond donors (Lipinski definition) is 2. The van der Waals surface area contributed by atoms with Gasteiger partial charge in [0.25, 0.3) is 0 Å². The van der Waals surface area contributed by atoms with Crippen LogP contribution in [0.2, 0.25) is 0 Å². The Labute approximate surface area is 177 Å². The summed E-state index contributed by atoms with van der Waals surface area (Å²) in [6.07, 6.45) is 1.77. The van der Waals surface area contributed by atoms with Gasteiger partial charge in [0, 0.05) is 42.3 Å². The molecule has 0 atom stereocenters. The molecule has 2 N–H and O–H groups in total. The van der Waals surface area contributed by atoms with Crippen LogP contribution >= 0.6 is 0 Å². The summed E-state index contributed by atoms with van der Waals surface area (Å²) >= 11 is 0. The number of benzene rings is 1. The first-order valence-corrected chi connectivity index (χ1v) is 10.2. The first-order chi connectivity index (χ1) is 14.5. The highest BCUT2D eigenvalue weighted by molar-refractivity contribution is 5.66. The van der Waals surface area contributed by atoms with E-state index in [1.165, 1.54) is 5.69 Å². The number of rotatable bonds is 5. The summed E-state index contributed by atoms with van der Waals surface area (Å²) in [7, 11) is 0. The Morgan fingerprint density at radius 2 is 1.70 bits per heavy atom. The molecule has 1 aliphatic heterocycles. The van der Waals surface area contributed by atoms with Gasteiger partial charge in [-0.25, -0.2) is 4.98 Å². The number of nitrogens with zero attached hydrogens (tertiary/aromatic N) is 4. The number of aromatic nitrogens is 3. The molecule has 1 aromatic carbocycles. The van der Waals surface area contributed by atoms with Crippen molar-refractivity contribution >= 4 is 23.1 Å². The SMILES string of the molecule is CC(C)(C)Nc1nc(Nc2ccc(N3CCOCC3)cc2)cc(-c2ccccn2)n1. The summed E-state index contributed by atoms with van der Waals surface area (Å²) in [4.78, 5) is 16.1. The number of ether oxygens (including phenoxy) is 1. The third-order valence-electron chi connectivity index (χ3n) is 4.66. The molecule has 1 saturated heterocycles. The summed E-state index contributed by atoms with van der Waals surface area (Å²) in [6, 6.07) is 16.1. The molecule has 1 aliphatic rings. The highest BCUT2D eigenvalue weighted by Gasteiger charge is 2.15. The van der Waals surface area contributed by atoms with Crippen LogP contribution in [0.25, 0.3) is 11.4 Å². The van der Waals surface area contributed by atoms with E-state index in [4.69, 9.17) is 4.74 Å². The molecular formula is C23H28N6O. The minimum atomic E-state index is -0.153. The van der Waals surface area contributed by atoms with Gasteiger partial charge < -0.3 is 20.3 Å². The molecule has 2 aromatic heterocycles. The molecule has 7 heteroatoms. The first kappa shape index (κ1) is 20.1. The fourth-order valence-electron chi connectivity index (χ4n) is 3.27. The van der Waals surface area contributed by atoms with E-state index in [2.05, 4.69) is 75.5 Å². The zero-order valence-electron chi connectivity index (χ0n) is 17.7. The molecule has 0 radical (unpaired) electrons. The van der Waals surface area contributed by atoms with E-state index >= 15 is 0 Å². The monoisotopic (exact) mass is 404 g/mol. The predicted octanol–water partition coefficient (Wildman–Crippen LogP) is 4.33. The average molecular weight is 405 g/mol. The van der Waals surface area contributed by atoms with Crippen molar-refractivity contribution in [1.29, 1.82) is 0 Å². The van der Waals surface area contributed by atoms with Crippen LogP contribution in [0.15, 0.2) is 54.7 Å². The number of morpholine rings is 1. The third-order valence-corrected chi connectivity index (χ3v) is 4.66. The van der Waals surface area contributed by atoms with Crippen molar-refractivity contribution < 1.29 is 4.74 Å². The molecule has 0 amide bonds. The van der Waals surface area contributed by atoms with Crippen molar-refractivity contribution in [2.45, 2.75) is 26.3 Å². The van der Waals surface area contributed by atoms with Crippen LogP contribution in [0.5, 0.6) is 0 Å². The van der Waals surface area contributed by atoms with Crippen LogP contribution < -0.4 is 15.5 Å². The fourth-order valence-corrected chi connectivity index (χ4v) is 3.27. The summed E-state index contributed by atoms with van der Waals surface area (Å²) in [5.74, 6) is 1.29. The van der Waals surface area contributed by atoms with Gasteiger partial charge in [0.1, 0.15) is 5.82 Å². The van der Waals surface area contributed by atoms with E-state index in [-0.39, 0.29) is 5.54 Å². The van der Waals surface area contributed by atoms with Crippen LogP contribution in [-0.2, 0) is 4.74 Å². The minimum Gasteiger partial charge on any atom is -0.378 e. The lowest BCUT2D eigenvalue weighted by Gasteiger charge is -2.29. The van der Waals surface area contributed by atoms with Gasteiger partial charge in [0.15, 0.2) is 0 Å². The summed E-state index contributed by atoms with van der Waals surface area (Å²) < 4.78 is 5.44. The highest BCUT2D eigenvalue weighted by Crippen LogP contribution is 2.25. The number of hydrogen-bond acceptors (Lipinski definition) is 7. The number of nitrogens with one attached hydrogen (secondary N) is 2. The molecule has 0 spiro atoms. The normalized spacial score (nSPS) is 14.4. The van der Waals surface area contributed by atoms with Gasteiger partial charge in [-0.15, -0.1) is 0 Å². The summed E-state index contributed by atoms with van der Waals surface area (Å²) in [5.41, 5.74) is 3.60. The molecule has 156 valence electrons. The Kier molecular flexibility index (Phi) is 5.81. The van der Waals surface area contributed by atoms with Crippen molar-refractivity contribution in [3.8, 4) is 11.4 Å². The van der Waals surface area contributed by atoms with Gasteiger partial charge in [0.2, 0.25) is 5.95 Å². The maximum Gasteiger partial charge on any atom is 0.225 e. The van der Waals surface area contributed by atoms with Crippen molar-refractivity contribution in [3.63, 3.8) is 0 Å². The molecule has 0 bridgehead atoms. The molecule has 7 nitrogen and oxygen atoms in total. The van der Waals surface area contributed by atoms with E-state index in [1.807, 2.05) is 24.3 Å². The predicted molar refractivity (Wildman–Crippen MR) is 121 cm³/mol. The van der Waals surface area contributed by atoms with Gasteiger partial charge in [-0.2, -0.15) is 4.98 Å². The molecule has 4 rings (SSSR count). The van der Waals surface area contributed by atoms with Crippen molar-refractivity contribution in [2.75, 3.05) is 41.8 Å². The first-order valence-electron chi connectivity index (χ1n) is 10.2. The van der Waals surface area contributed by atoms with E-state index in [1.54, 1.807) is 6.20 Å². The second-order valence-electron chi connectivity index (χ2n) is 8.32. The number of pyridine rings is 1. The van der Waals surface area contributed by atoms with Gasteiger partial charge >= 0.3 is 0 Å². The molecule has 1 fully saturated rings. The van der Waals surface area contributed by atoms with Crippen LogP contribution in [0.1, 0.15) is 20.8 Å². The average Bonchev–Trinajstić information content (AvgIpc) is 2.74.